The van der Waals surface area contributed by atoms with E-state index in [1.807, 2.05) is 37.3 Å². The van der Waals surface area contributed by atoms with Gasteiger partial charge >= 0.3 is 5.97 Å². The zero-order valence-corrected chi connectivity index (χ0v) is 15.0. The van der Waals surface area contributed by atoms with Crippen molar-refractivity contribution < 1.29 is 9.53 Å². The number of benzene rings is 1. The summed E-state index contributed by atoms with van der Waals surface area (Å²) >= 11 is 0. The second kappa shape index (κ2) is 11.2. The first-order valence-electron chi connectivity index (χ1n) is 8.66. The van der Waals surface area contributed by atoms with Crippen LogP contribution in [0.15, 0.2) is 41.5 Å². The molecule has 0 fully saturated rings. The average molecular weight is 325 g/mol. The highest BCUT2D eigenvalue weighted by Crippen LogP contribution is 2.18. The third kappa shape index (κ3) is 7.28. The Kier molecular flexibility index (Phi) is 9.23. The summed E-state index contributed by atoms with van der Waals surface area (Å²) < 4.78 is 5.06. The smallest absolute Gasteiger partial charge is 0.333 e. The van der Waals surface area contributed by atoms with Gasteiger partial charge in [0.2, 0.25) is 0 Å². The quantitative estimate of drug-likeness (QED) is 0.263. The highest BCUT2D eigenvalue weighted by atomic mass is 16.5. The summed E-state index contributed by atoms with van der Waals surface area (Å²) in [5.74, 6) is -0.267. The minimum absolute atomic E-state index is 0.267. The van der Waals surface area contributed by atoms with Crippen LogP contribution in [0.25, 0.3) is 6.08 Å². The van der Waals surface area contributed by atoms with Crippen LogP contribution in [-0.2, 0) is 9.53 Å². The largest absolute Gasteiger partial charge is 0.463 e. The highest BCUT2D eigenvalue weighted by Gasteiger charge is 2.06. The minimum Gasteiger partial charge on any atom is -0.463 e. The van der Waals surface area contributed by atoms with Crippen LogP contribution < -0.4 is 0 Å². The van der Waals surface area contributed by atoms with Crippen LogP contribution in [0.2, 0.25) is 0 Å². The molecule has 0 aliphatic rings. The lowest BCUT2D eigenvalue weighted by molar-refractivity contribution is -0.138. The van der Waals surface area contributed by atoms with E-state index in [0.29, 0.717) is 17.7 Å². The number of rotatable bonds is 9. The zero-order valence-electron chi connectivity index (χ0n) is 15.0. The maximum atomic E-state index is 11.8. The van der Waals surface area contributed by atoms with Crippen LogP contribution in [0.1, 0.15) is 64.0 Å². The van der Waals surface area contributed by atoms with E-state index in [2.05, 4.69) is 19.1 Å². The number of allylic oxidation sites excluding steroid dienone is 2. The number of hydrogen-bond donors (Lipinski definition) is 0. The molecule has 0 N–H and O–H groups in total. The SMILES string of the molecule is CCCCCCC(=Cc1ccc(C#N)cc1)C=C(C)C(=O)OCC. The van der Waals surface area contributed by atoms with Gasteiger partial charge in [-0.2, -0.15) is 5.26 Å². The van der Waals surface area contributed by atoms with Crippen LogP contribution in [0.4, 0.5) is 0 Å². The number of carbonyl (C=O) groups is 1. The number of hydrogen-bond acceptors (Lipinski definition) is 3. The van der Waals surface area contributed by atoms with Crippen LogP contribution >= 0.6 is 0 Å². The number of unbranched alkanes of at least 4 members (excludes halogenated alkanes) is 3. The van der Waals surface area contributed by atoms with Crippen molar-refractivity contribution in [1.29, 1.82) is 5.26 Å². The van der Waals surface area contributed by atoms with Gasteiger partial charge in [-0.25, -0.2) is 4.79 Å². The molecule has 3 heteroatoms. The Morgan fingerprint density at radius 2 is 1.88 bits per heavy atom. The van der Waals surface area contributed by atoms with Gasteiger partial charge in [0.25, 0.3) is 0 Å². The molecule has 128 valence electrons. The van der Waals surface area contributed by atoms with Crippen molar-refractivity contribution in [2.24, 2.45) is 0 Å². The van der Waals surface area contributed by atoms with Crippen molar-refractivity contribution in [3.63, 3.8) is 0 Å². The van der Waals surface area contributed by atoms with Crippen molar-refractivity contribution in [3.05, 3.63) is 52.6 Å². The fraction of sp³-hybridized carbons (Fsp3) is 0.429. The summed E-state index contributed by atoms with van der Waals surface area (Å²) in [6, 6.07) is 9.60. The normalized spacial score (nSPS) is 11.9. The topological polar surface area (TPSA) is 50.1 Å². The Bertz CT molecular complexity index is 618. The van der Waals surface area contributed by atoms with Gasteiger partial charge in [-0.1, -0.05) is 44.4 Å². The van der Waals surface area contributed by atoms with Gasteiger partial charge in [0.05, 0.1) is 18.2 Å². The van der Waals surface area contributed by atoms with E-state index in [9.17, 15) is 4.79 Å². The summed E-state index contributed by atoms with van der Waals surface area (Å²) in [4.78, 5) is 11.8. The van der Waals surface area contributed by atoms with E-state index >= 15 is 0 Å². The third-order valence-electron chi connectivity index (χ3n) is 3.71. The molecule has 0 spiro atoms. The molecule has 0 aliphatic carbocycles. The number of nitriles is 1. The summed E-state index contributed by atoms with van der Waals surface area (Å²) in [6.07, 6.45) is 9.64. The second-order valence-electron chi connectivity index (χ2n) is 5.81. The van der Waals surface area contributed by atoms with Crippen molar-refractivity contribution in [2.45, 2.75) is 52.9 Å². The molecule has 1 aromatic rings. The van der Waals surface area contributed by atoms with Gasteiger partial charge in [-0.15, -0.1) is 0 Å². The minimum atomic E-state index is -0.267. The van der Waals surface area contributed by atoms with E-state index in [4.69, 9.17) is 10.00 Å². The van der Waals surface area contributed by atoms with Gasteiger partial charge in [-0.3, -0.25) is 0 Å². The molecule has 0 saturated carbocycles. The summed E-state index contributed by atoms with van der Waals surface area (Å²) in [5.41, 5.74) is 3.41. The number of ether oxygens (including phenoxy) is 1. The third-order valence-corrected chi connectivity index (χ3v) is 3.71. The van der Waals surface area contributed by atoms with Crippen molar-refractivity contribution in [3.8, 4) is 6.07 Å². The summed E-state index contributed by atoms with van der Waals surface area (Å²) in [7, 11) is 0. The Balaban J connectivity index is 2.94. The van der Waals surface area contributed by atoms with Gasteiger partial charge in [0, 0.05) is 5.57 Å². The molecule has 0 saturated heterocycles. The van der Waals surface area contributed by atoms with Gasteiger partial charge in [0.15, 0.2) is 0 Å². The van der Waals surface area contributed by atoms with Crippen LogP contribution in [-0.4, -0.2) is 12.6 Å². The van der Waals surface area contributed by atoms with E-state index in [1.54, 1.807) is 6.92 Å². The van der Waals surface area contributed by atoms with E-state index < -0.39 is 0 Å². The molecule has 0 aliphatic heterocycles. The molecule has 3 nitrogen and oxygen atoms in total. The first-order valence-corrected chi connectivity index (χ1v) is 8.66. The molecular formula is C21H27NO2. The molecule has 0 unspecified atom stereocenters. The predicted molar refractivity (Wildman–Crippen MR) is 98.3 cm³/mol. The Hall–Kier alpha value is -2.34. The molecule has 24 heavy (non-hydrogen) atoms. The van der Waals surface area contributed by atoms with Crippen LogP contribution in [0, 0.1) is 11.3 Å². The standard InChI is InChI=1S/C21H27NO2/c1-4-6-7-8-9-20(14-17(3)21(23)24-5-2)15-18-10-12-19(16-22)13-11-18/h10-15H,4-9H2,1-3H3. The molecule has 0 radical (unpaired) electrons. The summed E-state index contributed by atoms with van der Waals surface area (Å²) in [6.45, 7) is 6.17. The lowest BCUT2D eigenvalue weighted by Gasteiger charge is -2.06. The van der Waals surface area contributed by atoms with Gasteiger partial charge in [0.1, 0.15) is 0 Å². The first-order chi connectivity index (χ1) is 11.6. The Labute approximate surface area is 145 Å². The van der Waals surface area contributed by atoms with Crippen molar-refractivity contribution in [2.75, 3.05) is 6.61 Å². The van der Waals surface area contributed by atoms with E-state index in [0.717, 1.165) is 24.0 Å². The number of nitrogens with zero attached hydrogens (tertiary/aromatic N) is 1. The van der Waals surface area contributed by atoms with Crippen molar-refractivity contribution >= 4 is 12.0 Å². The maximum absolute atomic E-state index is 11.8. The van der Waals surface area contributed by atoms with E-state index in [1.165, 1.54) is 19.3 Å². The molecule has 1 rings (SSSR count). The molecule has 0 aromatic heterocycles. The molecule has 0 bridgehead atoms. The van der Waals surface area contributed by atoms with Gasteiger partial charge < -0.3 is 4.74 Å². The number of carbonyl (C=O) groups excluding carboxylic acids is 1. The molecular weight excluding hydrogens is 298 g/mol. The average Bonchev–Trinajstić information content (AvgIpc) is 2.59. The lowest BCUT2D eigenvalue weighted by atomic mass is 10.0. The Morgan fingerprint density at radius 3 is 2.46 bits per heavy atom. The lowest BCUT2D eigenvalue weighted by Crippen LogP contribution is -2.05. The fourth-order valence-corrected chi connectivity index (χ4v) is 2.39. The second-order valence-corrected chi connectivity index (χ2v) is 5.81. The molecule has 0 atom stereocenters. The molecule has 0 amide bonds. The number of esters is 1. The first kappa shape index (κ1) is 19.7. The van der Waals surface area contributed by atoms with Crippen LogP contribution in [0.5, 0.6) is 0 Å². The molecule has 0 heterocycles. The summed E-state index contributed by atoms with van der Waals surface area (Å²) in [5, 5.41) is 8.88. The monoisotopic (exact) mass is 325 g/mol. The highest BCUT2D eigenvalue weighted by molar-refractivity contribution is 5.88. The maximum Gasteiger partial charge on any atom is 0.333 e. The predicted octanol–water partition coefficient (Wildman–Crippen LogP) is 5.42. The fourth-order valence-electron chi connectivity index (χ4n) is 2.39. The van der Waals surface area contributed by atoms with E-state index in [-0.39, 0.29) is 5.97 Å². The zero-order chi connectivity index (χ0) is 17.8. The van der Waals surface area contributed by atoms with Crippen LogP contribution in [0.3, 0.4) is 0 Å². The van der Waals surface area contributed by atoms with Crippen molar-refractivity contribution in [1.82, 2.24) is 0 Å². The van der Waals surface area contributed by atoms with Gasteiger partial charge in [-0.05, 0) is 56.0 Å². The molecule has 1 aromatic carbocycles. The Morgan fingerprint density at radius 1 is 1.17 bits per heavy atom.